The zero-order chi connectivity index (χ0) is 10.7. The topological polar surface area (TPSA) is 59.4 Å². The van der Waals surface area contributed by atoms with E-state index in [4.69, 9.17) is 9.84 Å². The van der Waals surface area contributed by atoms with Gasteiger partial charge in [-0.3, -0.25) is 0 Å². The van der Waals surface area contributed by atoms with E-state index in [2.05, 4.69) is 4.98 Å². The SMILES string of the molecule is O=C(O)c1ccnc(SC2CCOC2)c1. The highest BCUT2D eigenvalue weighted by Gasteiger charge is 2.17. The molecule has 1 fully saturated rings. The quantitative estimate of drug-likeness (QED) is 0.847. The molecule has 1 atom stereocenters. The van der Waals surface area contributed by atoms with Crippen LogP contribution in [0.25, 0.3) is 0 Å². The minimum Gasteiger partial charge on any atom is -0.478 e. The molecular formula is C10H11NO3S. The smallest absolute Gasteiger partial charge is 0.335 e. The van der Waals surface area contributed by atoms with E-state index in [0.717, 1.165) is 24.7 Å². The van der Waals surface area contributed by atoms with Crippen LogP contribution in [-0.2, 0) is 4.74 Å². The van der Waals surface area contributed by atoms with E-state index in [1.165, 1.54) is 12.3 Å². The Morgan fingerprint density at radius 2 is 2.53 bits per heavy atom. The first-order chi connectivity index (χ1) is 7.25. The largest absolute Gasteiger partial charge is 0.478 e. The van der Waals surface area contributed by atoms with Crippen molar-refractivity contribution in [3.63, 3.8) is 0 Å². The molecule has 2 heterocycles. The average Bonchev–Trinajstić information content (AvgIpc) is 2.71. The number of nitrogens with zero attached hydrogens (tertiary/aromatic N) is 1. The van der Waals surface area contributed by atoms with Gasteiger partial charge >= 0.3 is 5.97 Å². The molecule has 0 saturated carbocycles. The van der Waals surface area contributed by atoms with Gasteiger partial charge in [-0.05, 0) is 18.6 Å². The lowest BCUT2D eigenvalue weighted by molar-refractivity contribution is 0.0696. The summed E-state index contributed by atoms with van der Waals surface area (Å²) in [6.07, 6.45) is 2.53. The molecule has 0 spiro atoms. The van der Waals surface area contributed by atoms with Gasteiger partial charge in [0.2, 0.25) is 0 Å². The summed E-state index contributed by atoms with van der Waals surface area (Å²) in [5.74, 6) is -0.915. The highest BCUT2D eigenvalue weighted by atomic mass is 32.2. The van der Waals surface area contributed by atoms with E-state index >= 15 is 0 Å². The van der Waals surface area contributed by atoms with Crippen LogP contribution >= 0.6 is 11.8 Å². The number of carboxylic acid groups (broad SMARTS) is 1. The van der Waals surface area contributed by atoms with Crippen molar-refractivity contribution in [2.45, 2.75) is 16.7 Å². The van der Waals surface area contributed by atoms with Gasteiger partial charge in [-0.1, -0.05) is 0 Å². The van der Waals surface area contributed by atoms with E-state index in [-0.39, 0.29) is 5.56 Å². The lowest BCUT2D eigenvalue weighted by atomic mass is 10.3. The summed E-state index contributed by atoms with van der Waals surface area (Å²) < 4.78 is 5.24. The summed E-state index contributed by atoms with van der Waals surface area (Å²) in [6.45, 7) is 1.51. The van der Waals surface area contributed by atoms with E-state index in [1.54, 1.807) is 17.8 Å². The van der Waals surface area contributed by atoms with Crippen LogP contribution in [0, 0.1) is 0 Å². The van der Waals surface area contributed by atoms with E-state index < -0.39 is 5.97 Å². The van der Waals surface area contributed by atoms with Gasteiger partial charge in [0.25, 0.3) is 0 Å². The van der Waals surface area contributed by atoms with Gasteiger partial charge in [-0.25, -0.2) is 9.78 Å². The Morgan fingerprint density at radius 3 is 3.20 bits per heavy atom. The van der Waals surface area contributed by atoms with Crippen molar-refractivity contribution < 1.29 is 14.6 Å². The van der Waals surface area contributed by atoms with Crippen molar-refractivity contribution in [1.29, 1.82) is 0 Å². The number of carbonyl (C=O) groups is 1. The number of rotatable bonds is 3. The molecule has 1 aromatic rings. The Balaban J connectivity index is 2.07. The summed E-state index contributed by atoms with van der Waals surface area (Å²) in [6, 6.07) is 3.10. The summed E-state index contributed by atoms with van der Waals surface area (Å²) in [4.78, 5) is 14.9. The van der Waals surface area contributed by atoms with Gasteiger partial charge in [-0.15, -0.1) is 11.8 Å². The highest BCUT2D eigenvalue weighted by molar-refractivity contribution is 7.99. The molecule has 15 heavy (non-hydrogen) atoms. The molecule has 1 aliphatic heterocycles. The zero-order valence-corrected chi connectivity index (χ0v) is 8.87. The molecule has 1 aliphatic rings. The molecule has 1 aromatic heterocycles. The minimum atomic E-state index is -0.915. The Bertz CT molecular complexity index is 363. The van der Waals surface area contributed by atoms with Gasteiger partial charge in [0.05, 0.1) is 17.2 Å². The number of ether oxygens (including phenoxy) is 1. The van der Waals surface area contributed by atoms with Crippen molar-refractivity contribution in [1.82, 2.24) is 4.98 Å². The minimum absolute atomic E-state index is 0.284. The summed E-state index contributed by atoms with van der Waals surface area (Å²) in [5, 5.41) is 9.97. The predicted molar refractivity (Wildman–Crippen MR) is 56.3 cm³/mol. The van der Waals surface area contributed by atoms with Gasteiger partial charge in [0.1, 0.15) is 0 Å². The maximum absolute atomic E-state index is 10.7. The first-order valence-electron chi connectivity index (χ1n) is 4.69. The predicted octanol–water partition coefficient (Wildman–Crippen LogP) is 1.66. The molecule has 1 unspecified atom stereocenters. The fourth-order valence-electron chi connectivity index (χ4n) is 1.38. The second-order valence-electron chi connectivity index (χ2n) is 3.29. The average molecular weight is 225 g/mol. The van der Waals surface area contributed by atoms with Crippen LogP contribution in [0.4, 0.5) is 0 Å². The number of carboxylic acids is 1. The highest BCUT2D eigenvalue weighted by Crippen LogP contribution is 2.27. The van der Waals surface area contributed by atoms with Gasteiger partial charge < -0.3 is 9.84 Å². The van der Waals surface area contributed by atoms with E-state index in [1.807, 2.05) is 0 Å². The van der Waals surface area contributed by atoms with Crippen molar-refractivity contribution in [2.75, 3.05) is 13.2 Å². The summed E-state index contributed by atoms with van der Waals surface area (Å²) in [7, 11) is 0. The van der Waals surface area contributed by atoms with Crippen molar-refractivity contribution >= 4 is 17.7 Å². The number of hydrogen-bond donors (Lipinski definition) is 1. The van der Waals surface area contributed by atoms with Crippen LogP contribution in [0.3, 0.4) is 0 Å². The Morgan fingerprint density at radius 1 is 1.67 bits per heavy atom. The van der Waals surface area contributed by atoms with Gasteiger partial charge in [0, 0.05) is 18.1 Å². The normalized spacial score (nSPS) is 20.4. The Labute approximate surface area is 91.7 Å². The number of pyridine rings is 1. The Kier molecular flexibility index (Phi) is 3.23. The zero-order valence-electron chi connectivity index (χ0n) is 8.05. The molecule has 0 aliphatic carbocycles. The van der Waals surface area contributed by atoms with Crippen LogP contribution in [0.5, 0.6) is 0 Å². The summed E-state index contributed by atoms with van der Waals surface area (Å²) >= 11 is 1.58. The molecule has 1 N–H and O–H groups in total. The summed E-state index contributed by atoms with van der Waals surface area (Å²) in [5.41, 5.74) is 0.284. The molecule has 80 valence electrons. The lowest BCUT2D eigenvalue weighted by Crippen LogP contribution is -2.02. The van der Waals surface area contributed by atoms with Gasteiger partial charge in [-0.2, -0.15) is 0 Å². The fourth-order valence-corrected chi connectivity index (χ4v) is 2.42. The molecular weight excluding hydrogens is 214 g/mol. The maximum atomic E-state index is 10.7. The molecule has 4 nitrogen and oxygen atoms in total. The van der Waals surface area contributed by atoms with Crippen LogP contribution in [0.1, 0.15) is 16.8 Å². The number of thioether (sulfide) groups is 1. The maximum Gasteiger partial charge on any atom is 0.335 e. The second-order valence-corrected chi connectivity index (χ2v) is 4.61. The number of aromatic nitrogens is 1. The molecule has 0 amide bonds. The van der Waals surface area contributed by atoms with Crippen molar-refractivity contribution in [3.8, 4) is 0 Å². The van der Waals surface area contributed by atoms with Crippen LogP contribution in [0.15, 0.2) is 23.4 Å². The van der Waals surface area contributed by atoms with Crippen LogP contribution in [-0.4, -0.2) is 34.5 Å². The van der Waals surface area contributed by atoms with Gasteiger partial charge in [0.15, 0.2) is 0 Å². The second kappa shape index (κ2) is 4.63. The number of aromatic carboxylic acids is 1. The van der Waals surface area contributed by atoms with E-state index in [0.29, 0.717) is 5.25 Å². The van der Waals surface area contributed by atoms with E-state index in [9.17, 15) is 4.79 Å². The monoisotopic (exact) mass is 225 g/mol. The molecule has 2 rings (SSSR count). The standard InChI is InChI=1S/C10H11NO3S/c12-10(13)7-1-3-11-9(5-7)15-8-2-4-14-6-8/h1,3,5,8H,2,4,6H2,(H,12,13). The molecule has 0 bridgehead atoms. The van der Waals surface area contributed by atoms with Crippen molar-refractivity contribution in [2.24, 2.45) is 0 Å². The van der Waals surface area contributed by atoms with Crippen LogP contribution in [0.2, 0.25) is 0 Å². The third-order valence-electron chi connectivity index (χ3n) is 2.16. The Hall–Kier alpha value is -1.07. The van der Waals surface area contributed by atoms with Crippen LogP contribution < -0.4 is 0 Å². The molecule has 0 aromatic carbocycles. The first kappa shape index (κ1) is 10.4. The molecule has 1 saturated heterocycles. The lowest BCUT2D eigenvalue weighted by Gasteiger charge is -2.06. The number of hydrogen-bond acceptors (Lipinski definition) is 4. The molecule has 0 radical (unpaired) electrons. The third kappa shape index (κ3) is 2.70. The first-order valence-corrected chi connectivity index (χ1v) is 5.57. The molecule has 5 heteroatoms. The van der Waals surface area contributed by atoms with Crippen molar-refractivity contribution in [3.05, 3.63) is 23.9 Å². The third-order valence-corrected chi connectivity index (χ3v) is 3.33. The fraction of sp³-hybridized carbons (Fsp3) is 0.400.